The molecule has 1 aromatic carbocycles. The molecule has 0 saturated carbocycles. The lowest BCUT2D eigenvalue weighted by Crippen LogP contribution is -2.41. The molecule has 1 atom stereocenters. The van der Waals surface area contributed by atoms with Gasteiger partial charge in [0.2, 0.25) is 0 Å². The number of hydrogen-bond acceptors (Lipinski definition) is 1. The van der Waals surface area contributed by atoms with Gasteiger partial charge < -0.3 is 5.32 Å². The van der Waals surface area contributed by atoms with Crippen LogP contribution in [-0.2, 0) is 6.42 Å². The van der Waals surface area contributed by atoms with Gasteiger partial charge >= 0.3 is 0 Å². The highest BCUT2D eigenvalue weighted by Gasteiger charge is 2.32. The van der Waals surface area contributed by atoms with Crippen molar-refractivity contribution >= 4 is 0 Å². The van der Waals surface area contributed by atoms with Crippen molar-refractivity contribution in [2.75, 3.05) is 6.54 Å². The Morgan fingerprint density at radius 1 is 1.27 bits per heavy atom. The van der Waals surface area contributed by atoms with E-state index < -0.39 is 0 Å². The first-order chi connectivity index (χ1) is 7.35. The topological polar surface area (TPSA) is 12.0 Å². The van der Waals surface area contributed by atoms with Crippen molar-refractivity contribution in [1.29, 1.82) is 0 Å². The van der Waals surface area contributed by atoms with Crippen LogP contribution in [-0.4, -0.2) is 12.1 Å². The van der Waals surface area contributed by atoms with E-state index in [1.807, 2.05) is 0 Å². The molecular formula is C14H21N. The number of benzene rings is 1. The van der Waals surface area contributed by atoms with Gasteiger partial charge in [-0.1, -0.05) is 43.7 Å². The average Bonchev–Trinajstić information content (AvgIpc) is 2.69. The second-order valence-corrected chi connectivity index (χ2v) is 4.72. The summed E-state index contributed by atoms with van der Waals surface area (Å²) in [6.07, 6.45) is 6.46. The number of hydrogen-bond donors (Lipinski definition) is 1. The zero-order valence-corrected chi connectivity index (χ0v) is 9.63. The minimum Gasteiger partial charge on any atom is -0.311 e. The van der Waals surface area contributed by atoms with Crippen LogP contribution in [0.3, 0.4) is 0 Å². The zero-order chi connectivity index (χ0) is 10.6. The van der Waals surface area contributed by atoms with E-state index in [0.717, 1.165) is 0 Å². The predicted molar refractivity (Wildman–Crippen MR) is 65.0 cm³/mol. The molecule has 1 aliphatic rings. The summed E-state index contributed by atoms with van der Waals surface area (Å²) in [4.78, 5) is 0. The molecule has 0 bridgehead atoms. The van der Waals surface area contributed by atoms with Gasteiger partial charge in [0.15, 0.2) is 0 Å². The molecule has 0 aliphatic carbocycles. The second-order valence-electron chi connectivity index (χ2n) is 4.72. The summed E-state index contributed by atoms with van der Waals surface area (Å²) in [5.74, 6) is 0. The fourth-order valence-electron chi connectivity index (χ4n) is 2.79. The van der Waals surface area contributed by atoms with Crippen molar-refractivity contribution in [1.82, 2.24) is 5.32 Å². The Hall–Kier alpha value is -0.820. The van der Waals surface area contributed by atoms with Crippen molar-refractivity contribution in [3.8, 4) is 0 Å². The van der Waals surface area contributed by atoms with Gasteiger partial charge in [0.25, 0.3) is 0 Å². The molecule has 82 valence electrons. The van der Waals surface area contributed by atoms with Crippen LogP contribution in [0.4, 0.5) is 0 Å². The van der Waals surface area contributed by atoms with Crippen LogP contribution >= 0.6 is 0 Å². The van der Waals surface area contributed by atoms with E-state index in [9.17, 15) is 0 Å². The summed E-state index contributed by atoms with van der Waals surface area (Å²) in [5, 5.41) is 3.72. The molecule has 0 spiro atoms. The maximum Gasteiger partial charge on any atom is 0.0222 e. The van der Waals surface area contributed by atoms with Crippen LogP contribution in [0, 0.1) is 0 Å². The Balaban J connectivity index is 2.07. The quantitative estimate of drug-likeness (QED) is 0.792. The molecule has 2 rings (SSSR count). The van der Waals surface area contributed by atoms with Crippen molar-refractivity contribution in [3.63, 3.8) is 0 Å². The first-order valence-electron chi connectivity index (χ1n) is 6.14. The lowest BCUT2D eigenvalue weighted by atomic mass is 9.85. The standard InChI is InChI=1S/C14H21N/c1-2-9-14(10-6-11-15-14)12-13-7-4-3-5-8-13/h3-5,7-8,15H,2,6,9-12H2,1H3. The molecule has 0 amide bonds. The van der Waals surface area contributed by atoms with E-state index in [1.165, 1.54) is 44.2 Å². The summed E-state index contributed by atoms with van der Waals surface area (Å²) < 4.78 is 0. The van der Waals surface area contributed by atoms with Gasteiger partial charge in [0, 0.05) is 5.54 Å². The van der Waals surface area contributed by atoms with E-state index in [4.69, 9.17) is 0 Å². The minimum atomic E-state index is 0.399. The van der Waals surface area contributed by atoms with Gasteiger partial charge in [-0.15, -0.1) is 0 Å². The Morgan fingerprint density at radius 3 is 2.67 bits per heavy atom. The van der Waals surface area contributed by atoms with E-state index in [-0.39, 0.29) is 0 Å². The first-order valence-corrected chi connectivity index (χ1v) is 6.14. The van der Waals surface area contributed by atoms with Gasteiger partial charge in [0.05, 0.1) is 0 Å². The van der Waals surface area contributed by atoms with Crippen LogP contribution in [0.15, 0.2) is 30.3 Å². The van der Waals surface area contributed by atoms with Gasteiger partial charge in [-0.05, 0) is 37.8 Å². The molecule has 0 radical (unpaired) electrons. The van der Waals surface area contributed by atoms with E-state index in [2.05, 4.69) is 42.6 Å². The number of nitrogens with one attached hydrogen (secondary N) is 1. The Bertz CT molecular complexity index is 285. The molecule has 1 N–H and O–H groups in total. The SMILES string of the molecule is CCCC1(Cc2ccccc2)CCCN1. The van der Waals surface area contributed by atoms with Crippen LogP contribution < -0.4 is 5.32 Å². The first kappa shape index (κ1) is 10.7. The van der Waals surface area contributed by atoms with E-state index in [1.54, 1.807) is 0 Å². The van der Waals surface area contributed by atoms with Crippen molar-refractivity contribution in [3.05, 3.63) is 35.9 Å². The monoisotopic (exact) mass is 203 g/mol. The van der Waals surface area contributed by atoms with Crippen LogP contribution in [0.1, 0.15) is 38.2 Å². The summed E-state index contributed by atoms with van der Waals surface area (Å²) in [6.45, 7) is 3.49. The lowest BCUT2D eigenvalue weighted by Gasteiger charge is -2.29. The third-order valence-electron chi connectivity index (χ3n) is 3.45. The highest BCUT2D eigenvalue weighted by molar-refractivity contribution is 5.18. The Morgan fingerprint density at radius 2 is 2.07 bits per heavy atom. The Kier molecular flexibility index (Phi) is 3.42. The number of rotatable bonds is 4. The highest BCUT2D eigenvalue weighted by Crippen LogP contribution is 2.28. The summed E-state index contributed by atoms with van der Waals surface area (Å²) >= 11 is 0. The van der Waals surface area contributed by atoms with Gasteiger partial charge in [-0.25, -0.2) is 0 Å². The fourth-order valence-corrected chi connectivity index (χ4v) is 2.79. The smallest absolute Gasteiger partial charge is 0.0222 e. The van der Waals surface area contributed by atoms with Gasteiger partial charge in [-0.3, -0.25) is 0 Å². The van der Waals surface area contributed by atoms with Crippen LogP contribution in [0.25, 0.3) is 0 Å². The molecule has 1 aromatic rings. The third-order valence-corrected chi connectivity index (χ3v) is 3.45. The highest BCUT2D eigenvalue weighted by atomic mass is 15.0. The normalized spacial score (nSPS) is 25.7. The van der Waals surface area contributed by atoms with Crippen LogP contribution in [0.2, 0.25) is 0 Å². The van der Waals surface area contributed by atoms with Crippen LogP contribution in [0.5, 0.6) is 0 Å². The zero-order valence-electron chi connectivity index (χ0n) is 9.63. The largest absolute Gasteiger partial charge is 0.311 e. The van der Waals surface area contributed by atoms with Gasteiger partial charge in [0.1, 0.15) is 0 Å². The maximum absolute atomic E-state index is 3.72. The Labute approximate surface area is 92.9 Å². The molecule has 1 heteroatoms. The summed E-state index contributed by atoms with van der Waals surface area (Å²) in [5.41, 5.74) is 1.87. The molecule has 1 unspecified atom stereocenters. The van der Waals surface area contributed by atoms with Crippen molar-refractivity contribution in [2.24, 2.45) is 0 Å². The fraction of sp³-hybridized carbons (Fsp3) is 0.571. The average molecular weight is 203 g/mol. The molecule has 15 heavy (non-hydrogen) atoms. The third kappa shape index (κ3) is 2.60. The maximum atomic E-state index is 3.72. The molecule has 0 aromatic heterocycles. The van der Waals surface area contributed by atoms with E-state index in [0.29, 0.717) is 5.54 Å². The second kappa shape index (κ2) is 4.80. The molecule has 1 nitrogen and oxygen atoms in total. The van der Waals surface area contributed by atoms with E-state index >= 15 is 0 Å². The molecule has 1 saturated heterocycles. The molecule has 1 heterocycles. The lowest BCUT2D eigenvalue weighted by molar-refractivity contribution is 0.342. The summed E-state index contributed by atoms with van der Waals surface area (Å²) in [7, 11) is 0. The summed E-state index contributed by atoms with van der Waals surface area (Å²) in [6, 6.07) is 10.9. The predicted octanol–water partition coefficient (Wildman–Crippen LogP) is 3.15. The van der Waals surface area contributed by atoms with Gasteiger partial charge in [-0.2, -0.15) is 0 Å². The molecule has 1 fully saturated rings. The van der Waals surface area contributed by atoms with Crippen molar-refractivity contribution in [2.45, 2.75) is 44.6 Å². The molecular weight excluding hydrogens is 182 g/mol. The van der Waals surface area contributed by atoms with Crippen molar-refractivity contribution < 1.29 is 0 Å². The minimum absolute atomic E-state index is 0.399. The molecule has 1 aliphatic heterocycles.